The molecule has 0 fully saturated rings. The highest BCUT2D eigenvalue weighted by atomic mass is 16.6. The van der Waals surface area contributed by atoms with Crippen LogP contribution in [0.15, 0.2) is 97.2 Å². The minimum absolute atomic E-state index is 0.107. The van der Waals surface area contributed by atoms with Gasteiger partial charge < -0.3 is 14.2 Å². The molecule has 0 spiro atoms. The minimum atomic E-state index is -0.812. The zero-order valence-electron chi connectivity index (χ0n) is 42.9. The molecule has 0 radical (unpaired) electrons. The Labute approximate surface area is 407 Å². The van der Waals surface area contributed by atoms with Gasteiger partial charge in [0, 0.05) is 19.3 Å². The first-order chi connectivity index (χ1) is 32.5. The van der Waals surface area contributed by atoms with Crippen LogP contribution in [0.2, 0.25) is 0 Å². The van der Waals surface area contributed by atoms with E-state index in [9.17, 15) is 14.4 Å². The molecule has 0 amide bonds. The Morgan fingerprint density at radius 3 is 1.06 bits per heavy atom. The Bertz CT molecular complexity index is 1330. The van der Waals surface area contributed by atoms with Crippen molar-refractivity contribution >= 4 is 17.9 Å². The molecule has 0 saturated carbocycles. The summed E-state index contributed by atoms with van der Waals surface area (Å²) in [5.74, 6) is -1.01. The van der Waals surface area contributed by atoms with E-state index in [2.05, 4.69) is 112 Å². The summed E-state index contributed by atoms with van der Waals surface area (Å²) < 4.78 is 16.8. The summed E-state index contributed by atoms with van der Waals surface area (Å²) in [6.07, 6.45) is 71.1. The lowest BCUT2D eigenvalue weighted by Crippen LogP contribution is -2.30. The molecule has 0 rings (SSSR count). The quantitative estimate of drug-likeness (QED) is 0.0262. The number of esters is 3. The second-order valence-electron chi connectivity index (χ2n) is 17.8. The standard InChI is InChI=1S/C60H100O6/c1-4-7-10-13-16-19-22-25-28-29-30-31-33-35-38-41-44-47-50-53-59(62)65-56-57(55-64-58(61)52-49-46-43-40-37-34-27-24-21-18-15-12-9-6-3)66-60(63)54-51-48-45-42-39-36-32-26-23-20-17-14-11-8-5-2/h7,10,15-16,18-19,24-25,27-28,30-31,35,38,44,47,57H,4-6,8-9,11-14,17,20-23,26,29,32-34,36-37,39-43,45-46,48-56H2,1-3H3/b10-7-,18-15-,19-16-,27-24-,28-25-,31-30-,38-35-,47-44-/t57-/m1/s1. The fourth-order valence-electron chi connectivity index (χ4n) is 7.25. The van der Waals surface area contributed by atoms with Gasteiger partial charge in [-0.15, -0.1) is 0 Å². The number of unbranched alkanes of at least 4 members (excludes halogenated alkanes) is 21. The van der Waals surface area contributed by atoms with Gasteiger partial charge in [0.2, 0.25) is 0 Å². The monoisotopic (exact) mass is 917 g/mol. The van der Waals surface area contributed by atoms with E-state index >= 15 is 0 Å². The molecule has 376 valence electrons. The van der Waals surface area contributed by atoms with Gasteiger partial charge in [-0.3, -0.25) is 14.4 Å². The van der Waals surface area contributed by atoms with Crippen LogP contribution in [0.4, 0.5) is 0 Å². The summed E-state index contributed by atoms with van der Waals surface area (Å²) in [6.45, 7) is 6.41. The van der Waals surface area contributed by atoms with Gasteiger partial charge in [0.1, 0.15) is 13.2 Å². The molecular formula is C60H100O6. The summed E-state index contributed by atoms with van der Waals surface area (Å²) in [6, 6.07) is 0. The summed E-state index contributed by atoms with van der Waals surface area (Å²) in [5.41, 5.74) is 0. The first-order valence-corrected chi connectivity index (χ1v) is 27.2. The van der Waals surface area contributed by atoms with E-state index in [0.717, 1.165) is 103 Å². The second kappa shape index (κ2) is 53.9. The smallest absolute Gasteiger partial charge is 0.306 e. The van der Waals surface area contributed by atoms with E-state index in [0.29, 0.717) is 19.3 Å². The zero-order valence-corrected chi connectivity index (χ0v) is 42.9. The van der Waals surface area contributed by atoms with Crippen LogP contribution in [-0.2, 0) is 28.6 Å². The van der Waals surface area contributed by atoms with Crippen LogP contribution in [0.3, 0.4) is 0 Å². The summed E-state index contributed by atoms with van der Waals surface area (Å²) in [7, 11) is 0. The molecule has 6 nitrogen and oxygen atoms in total. The van der Waals surface area contributed by atoms with Crippen LogP contribution in [0.25, 0.3) is 0 Å². The summed E-state index contributed by atoms with van der Waals surface area (Å²) in [4.78, 5) is 38.0. The van der Waals surface area contributed by atoms with E-state index in [-0.39, 0.29) is 37.5 Å². The normalized spacial score (nSPS) is 12.8. The van der Waals surface area contributed by atoms with Crippen molar-refractivity contribution < 1.29 is 28.6 Å². The van der Waals surface area contributed by atoms with Gasteiger partial charge >= 0.3 is 17.9 Å². The van der Waals surface area contributed by atoms with Gasteiger partial charge in [0.05, 0.1) is 0 Å². The van der Waals surface area contributed by atoms with E-state index in [1.807, 2.05) is 6.08 Å². The predicted molar refractivity (Wildman–Crippen MR) is 284 cm³/mol. The molecule has 1 atom stereocenters. The molecule has 0 aliphatic rings. The van der Waals surface area contributed by atoms with Crippen LogP contribution in [0.1, 0.15) is 245 Å². The molecule has 0 unspecified atom stereocenters. The molecular weight excluding hydrogens is 817 g/mol. The molecule has 0 aromatic rings. The molecule has 0 saturated heterocycles. The molecule has 0 heterocycles. The Morgan fingerprint density at radius 1 is 0.318 bits per heavy atom. The average Bonchev–Trinajstić information content (AvgIpc) is 3.31. The second-order valence-corrected chi connectivity index (χ2v) is 17.8. The maximum atomic E-state index is 12.8. The van der Waals surface area contributed by atoms with Crippen molar-refractivity contribution in [1.82, 2.24) is 0 Å². The Kier molecular flexibility index (Phi) is 50.9. The number of rotatable bonds is 48. The van der Waals surface area contributed by atoms with Crippen molar-refractivity contribution in [3.05, 3.63) is 97.2 Å². The lowest BCUT2D eigenvalue weighted by Gasteiger charge is -2.18. The third-order valence-electron chi connectivity index (χ3n) is 11.3. The fraction of sp³-hybridized carbons (Fsp3) is 0.683. The number of hydrogen-bond acceptors (Lipinski definition) is 6. The average molecular weight is 917 g/mol. The van der Waals surface area contributed by atoms with Gasteiger partial charge in [0.15, 0.2) is 6.10 Å². The molecule has 0 aromatic carbocycles. The third kappa shape index (κ3) is 51.3. The molecule has 0 bridgehead atoms. The Morgan fingerprint density at radius 2 is 0.636 bits per heavy atom. The van der Waals surface area contributed by atoms with Crippen molar-refractivity contribution in [3.63, 3.8) is 0 Å². The summed E-state index contributed by atoms with van der Waals surface area (Å²) in [5, 5.41) is 0. The van der Waals surface area contributed by atoms with Crippen molar-refractivity contribution in [1.29, 1.82) is 0 Å². The van der Waals surface area contributed by atoms with E-state index < -0.39 is 6.10 Å². The van der Waals surface area contributed by atoms with Gasteiger partial charge in [-0.05, 0) is 83.5 Å². The number of hydrogen-bond donors (Lipinski definition) is 0. The highest BCUT2D eigenvalue weighted by Crippen LogP contribution is 2.15. The Balaban J connectivity index is 4.51. The van der Waals surface area contributed by atoms with Crippen LogP contribution >= 0.6 is 0 Å². The molecule has 0 aliphatic heterocycles. The van der Waals surface area contributed by atoms with Crippen molar-refractivity contribution in [3.8, 4) is 0 Å². The van der Waals surface area contributed by atoms with Crippen LogP contribution in [-0.4, -0.2) is 37.2 Å². The highest BCUT2D eigenvalue weighted by molar-refractivity contribution is 5.71. The fourth-order valence-corrected chi connectivity index (χ4v) is 7.25. The van der Waals surface area contributed by atoms with Gasteiger partial charge in [-0.1, -0.05) is 240 Å². The Hall–Kier alpha value is -3.67. The van der Waals surface area contributed by atoms with Crippen molar-refractivity contribution in [2.45, 2.75) is 252 Å². The van der Waals surface area contributed by atoms with E-state index in [1.54, 1.807) is 0 Å². The first-order valence-electron chi connectivity index (χ1n) is 27.2. The molecule has 0 aromatic heterocycles. The van der Waals surface area contributed by atoms with Gasteiger partial charge in [-0.2, -0.15) is 0 Å². The predicted octanol–water partition coefficient (Wildman–Crippen LogP) is 18.1. The highest BCUT2D eigenvalue weighted by Gasteiger charge is 2.19. The van der Waals surface area contributed by atoms with E-state index in [4.69, 9.17) is 14.2 Å². The zero-order chi connectivity index (χ0) is 47.9. The maximum Gasteiger partial charge on any atom is 0.306 e. The van der Waals surface area contributed by atoms with E-state index in [1.165, 1.54) is 96.3 Å². The van der Waals surface area contributed by atoms with Crippen LogP contribution in [0.5, 0.6) is 0 Å². The largest absolute Gasteiger partial charge is 0.462 e. The van der Waals surface area contributed by atoms with Crippen LogP contribution in [0, 0.1) is 0 Å². The number of carbonyl (C=O) groups is 3. The molecule has 6 heteroatoms. The maximum absolute atomic E-state index is 12.8. The van der Waals surface area contributed by atoms with Crippen LogP contribution < -0.4 is 0 Å². The number of allylic oxidation sites excluding steroid dienone is 16. The third-order valence-corrected chi connectivity index (χ3v) is 11.3. The van der Waals surface area contributed by atoms with Gasteiger partial charge in [0.25, 0.3) is 0 Å². The SMILES string of the molecule is CC/C=C\C/C=C\C/C=C\C/C=C\C/C=C\C/C=C\CCC(=O)OC[C@@H](COC(=O)CCCCCCC/C=C\C/C=C\CCCC)OC(=O)CCCCCCCCCCCCCCCCC. The lowest BCUT2D eigenvalue weighted by atomic mass is 10.0. The molecule has 66 heavy (non-hydrogen) atoms. The number of carbonyl (C=O) groups excluding carboxylic acids is 3. The first kappa shape index (κ1) is 62.3. The lowest BCUT2D eigenvalue weighted by molar-refractivity contribution is -0.166. The van der Waals surface area contributed by atoms with Gasteiger partial charge in [-0.25, -0.2) is 0 Å². The van der Waals surface area contributed by atoms with Crippen molar-refractivity contribution in [2.75, 3.05) is 13.2 Å². The molecule has 0 N–H and O–H groups in total. The summed E-state index contributed by atoms with van der Waals surface area (Å²) >= 11 is 0. The minimum Gasteiger partial charge on any atom is -0.462 e. The number of ether oxygens (including phenoxy) is 3. The molecule has 0 aliphatic carbocycles. The van der Waals surface area contributed by atoms with Crippen molar-refractivity contribution in [2.24, 2.45) is 0 Å². The topological polar surface area (TPSA) is 78.9 Å².